The molecular weight excluding hydrogens is 392 g/mol. The lowest BCUT2D eigenvalue weighted by molar-refractivity contribution is 0.318. The normalized spacial score (nSPS) is 14.1. The number of fused-ring (bicyclic) bond motifs is 1. The minimum atomic E-state index is -3.97. The molecule has 0 amide bonds. The largest absolute Gasteiger partial charge is 0.495 e. The second-order valence-corrected chi connectivity index (χ2v) is 7.54. The Morgan fingerprint density at radius 1 is 1.37 bits per heavy atom. The van der Waals surface area contributed by atoms with E-state index in [-0.39, 0.29) is 21.4 Å². The van der Waals surface area contributed by atoms with Gasteiger partial charge in [-0.1, -0.05) is 11.6 Å². The molecule has 3 rings (SSSR count). The van der Waals surface area contributed by atoms with Crippen molar-refractivity contribution in [3.8, 4) is 11.6 Å². The van der Waals surface area contributed by atoms with Gasteiger partial charge in [-0.25, -0.2) is 13.4 Å². The Morgan fingerprint density at radius 2 is 2.19 bits per heavy atom. The second-order valence-electron chi connectivity index (χ2n) is 5.45. The number of aliphatic imine (C=N–C) groups is 1. The van der Waals surface area contributed by atoms with Gasteiger partial charge in [0.05, 0.1) is 36.8 Å². The number of methoxy groups -OCH3 is 1. The smallest absolute Gasteiger partial charge is 0.265 e. The number of aromatic nitrogens is 1. The number of hydrogen-bond acceptors (Lipinski definition) is 7. The number of nitrogens with one attached hydrogen (secondary N) is 1. The van der Waals surface area contributed by atoms with Crippen LogP contribution in [0.1, 0.15) is 5.56 Å². The SMILES string of the molecule is COc1ccc(Cl)cc1S(=O)(=O)Nc1cnc2c(c1)C(C=CN)=NCCO2. The van der Waals surface area contributed by atoms with E-state index in [4.69, 9.17) is 26.8 Å². The predicted molar refractivity (Wildman–Crippen MR) is 103 cm³/mol. The first-order chi connectivity index (χ1) is 12.9. The lowest BCUT2D eigenvalue weighted by atomic mass is 10.1. The van der Waals surface area contributed by atoms with Crippen LogP contribution in [0.4, 0.5) is 5.69 Å². The third-order valence-electron chi connectivity index (χ3n) is 3.66. The molecule has 0 fully saturated rings. The fourth-order valence-electron chi connectivity index (χ4n) is 2.50. The van der Waals surface area contributed by atoms with Crippen LogP contribution in [-0.2, 0) is 10.0 Å². The maximum Gasteiger partial charge on any atom is 0.265 e. The highest BCUT2D eigenvalue weighted by Gasteiger charge is 2.22. The molecule has 1 aromatic carbocycles. The van der Waals surface area contributed by atoms with Gasteiger partial charge in [-0.15, -0.1) is 0 Å². The molecule has 0 unspecified atom stereocenters. The average Bonchev–Trinajstić information content (AvgIpc) is 2.84. The molecular formula is C17H17ClN4O4S. The highest BCUT2D eigenvalue weighted by molar-refractivity contribution is 7.92. The van der Waals surface area contributed by atoms with Gasteiger partial charge < -0.3 is 15.2 Å². The minimum Gasteiger partial charge on any atom is -0.495 e. The van der Waals surface area contributed by atoms with E-state index in [1.54, 1.807) is 18.2 Å². The zero-order valence-corrected chi connectivity index (χ0v) is 15.9. The Kier molecular flexibility index (Phi) is 5.52. The first-order valence-electron chi connectivity index (χ1n) is 7.87. The highest BCUT2D eigenvalue weighted by atomic mass is 35.5. The topological polar surface area (TPSA) is 116 Å². The number of nitrogens with zero attached hydrogens (tertiary/aromatic N) is 2. The van der Waals surface area contributed by atoms with Crippen molar-refractivity contribution in [3.63, 3.8) is 0 Å². The summed E-state index contributed by atoms with van der Waals surface area (Å²) >= 11 is 5.94. The first-order valence-corrected chi connectivity index (χ1v) is 9.73. The minimum absolute atomic E-state index is 0.0839. The Morgan fingerprint density at radius 3 is 2.93 bits per heavy atom. The summed E-state index contributed by atoms with van der Waals surface area (Å²) in [5, 5.41) is 0.270. The molecule has 1 aromatic heterocycles. The fourth-order valence-corrected chi connectivity index (χ4v) is 3.97. The number of allylic oxidation sites excluding steroid dienone is 1. The molecule has 0 saturated heterocycles. The van der Waals surface area contributed by atoms with Gasteiger partial charge in [0.1, 0.15) is 17.3 Å². The molecule has 0 spiro atoms. The van der Waals surface area contributed by atoms with Crippen molar-refractivity contribution in [2.75, 3.05) is 25.0 Å². The van der Waals surface area contributed by atoms with Gasteiger partial charge in [-0.3, -0.25) is 9.71 Å². The number of nitrogens with two attached hydrogens (primary N) is 1. The summed E-state index contributed by atoms with van der Waals surface area (Å²) in [7, 11) is -2.59. The van der Waals surface area contributed by atoms with Gasteiger partial charge in [0.2, 0.25) is 5.88 Å². The van der Waals surface area contributed by atoms with Crippen LogP contribution in [0.5, 0.6) is 11.6 Å². The predicted octanol–water partition coefficient (Wildman–Crippen LogP) is 2.20. The van der Waals surface area contributed by atoms with Crippen molar-refractivity contribution in [3.05, 3.63) is 53.3 Å². The maximum atomic E-state index is 12.8. The van der Waals surface area contributed by atoms with Crippen molar-refractivity contribution in [1.82, 2.24) is 4.98 Å². The number of sulfonamides is 1. The molecule has 0 bridgehead atoms. The highest BCUT2D eigenvalue weighted by Crippen LogP contribution is 2.30. The van der Waals surface area contributed by atoms with Gasteiger partial charge in [0, 0.05) is 5.02 Å². The number of pyridine rings is 1. The molecule has 8 nitrogen and oxygen atoms in total. The summed E-state index contributed by atoms with van der Waals surface area (Å²) in [6, 6.07) is 5.92. The van der Waals surface area contributed by atoms with Crippen LogP contribution >= 0.6 is 11.6 Å². The van der Waals surface area contributed by atoms with E-state index < -0.39 is 10.0 Å². The number of halogens is 1. The number of anilines is 1. The molecule has 27 heavy (non-hydrogen) atoms. The van der Waals surface area contributed by atoms with Crippen molar-refractivity contribution < 1.29 is 17.9 Å². The van der Waals surface area contributed by atoms with Crippen LogP contribution < -0.4 is 19.9 Å². The van der Waals surface area contributed by atoms with Crippen molar-refractivity contribution >= 4 is 33.0 Å². The summed E-state index contributed by atoms with van der Waals surface area (Å²) in [5.74, 6) is 0.527. The Bertz CT molecular complexity index is 1020. The molecule has 10 heteroatoms. The number of ether oxygens (including phenoxy) is 2. The van der Waals surface area contributed by atoms with Gasteiger partial charge in [-0.05, 0) is 36.5 Å². The van der Waals surface area contributed by atoms with Crippen LogP contribution in [0.3, 0.4) is 0 Å². The second kappa shape index (κ2) is 7.85. The van der Waals surface area contributed by atoms with Crippen LogP contribution in [0.25, 0.3) is 0 Å². The van der Waals surface area contributed by atoms with Gasteiger partial charge >= 0.3 is 0 Å². The third-order valence-corrected chi connectivity index (χ3v) is 5.30. The summed E-state index contributed by atoms with van der Waals surface area (Å²) in [4.78, 5) is 8.46. The molecule has 142 valence electrons. The van der Waals surface area contributed by atoms with Crippen molar-refractivity contribution in [2.45, 2.75) is 4.90 Å². The quantitative estimate of drug-likeness (QED) is 0.783. The molecule has 1 aliphatic rings. The van der Waals surface area contributed by atoms with E-state index in [1.165, 1.54) is 31.6 Å². The zero-order valence-electron chi connectivity index (χ0n) is 14.3. The van der Waals surface area contributed by atoms with E-state index in [0.29, 0.717) is 30.3 Å². The van der Waals surface area contributed by atoms with E-state index >= 15 is 0 Å². The molecule has 1 aliphatic heterocycles. The molecule has 2 heterocycles. The first kappa shape index (κ1) is 19.0. The van der Waals surface area contributed by atoms with Gasteiger partial charge in [0.15, 0.2) is 0 Å². The van der Waals surface area contributed by atoms with Crippen LogP contribution in [0.15, 0.2) is 52.6 Å². The Labute approximate surface area is 161 Å². The molecule has 0 atom stereocenters. The molecule has 2 aromatic rings. The summed E-state index contributed by atoms with van der Waals surface area (Å²) in [5.41, 5.74) is 6.79. The van der Waals surface area contributed by atoms with E-state index in [1.807, 2.05) is 0 Å². The zero-order chi connectivity index (χ0) is 19.4. The molecule has 0 aliphatic carbocycles. The van der Waals surface area contributed by atoms with Gasteiger partial charge in [0.25, 0.3) is 10.0 Å². The van der Waals surface area contributed by atoms with E-state index in [0.717, 1.165) is 0 Å². The monoisotopic (exact) mass is 408 g/mol. The average molecular weight is 409 g/mol. The van der Waals surface area contributed by atoms with Crippen LogP contribution in [-0.4, -0.2) is 39.4 Å². The number of benzene rings is 1. The summed E-state index contributed by atoms with van der Waals surface area (Å²) < 4.78 is 38.7. The van der Waals surface area contributed by atoms with E-state index in [2.05, 4.69) is 14.7 Å². The lowest BCUT2D eigenvalue weighted by Crippen LogP contribution is -2.15. The molecule has 0 saturated carbocycles. The van der Waals surface area contributed by atoms with Crippen LogP contribution in [0.2, 0.25) is 5.02 Å². The third kappa shape index (κ3) is 4.15. The number of hydrogen-bond donors (Lipinski definition) is 2. The van der Waals surface area contributed by atoms with Crippen molar-refractivity contribution in [1.29, 1.82) is 0 Å². The molecule has 3 N–H and O–H groups in total. The summed E-state index contributed by atoms with van der Waals surface area (Å²) in [6.07, 6.45) is 4.32. The van der Waals surface area contributed by atoms with Crippen LogP contribution in [0, 0.1) is 0 Å². The van der Waals surface area contributed by atoms with E-state index in [9.17, 15) is 8.42 Å². The summed E-state index contributed by atoms with van der Waals surface area (Å²) in [6.45, 7) is 0.809. The fraction of sp³-hybridized carbons (Fsp3) is 0.176. The number of rotatable bonds is 5. The van der Waals surface area contributed by atoms with Crippen molar-refractivity contribution in [2.24, 2.45) is 10.7 Å². The lowest BCUT2D eigenvalue weighted by Gasteiger charge is -2.13. The standard InChI is InChI=1S/C17H17ClN4O4S/c1-25-15-3-2-11(18)8-16(15)27(23,24)22-12-9-13-14(4-5-19)20-6-7-26-17(13)21-10-12/h2-5,8-10,22H,6-7,19H2,1H3. The Balaban J connectivity index is 2.00. The Hall–Kier alpha value is -2.78. The molecule has 0 radical (unpaired) electrons. The maximum absolute atomic E-state index is 12.8. The van der Waals surface area contributed by atoms with Gasteiger partial charge in [-0.2, -0.15) is 0 Å².